The van der Waals surface area contributed by atoms with Crippen LogP contribution < -0.4 is 0 Å². The minimum atomic E-state index is 1.18. The van der Waals surface area contributed by atoms with Crippen LogP contribution in [0.5, 0.6) is 0 Å². The molecule has 0 aromatic heterocycles. The van der Waals surface area contributed by atoms with Gasteiger partial charge >= 0.3 is 0 Å². The quantitative estimate of drug-likeness (QED) is 0.226. The van der Waals surface area contributed by atoms with Crippen LogP contribution in [-0.2, 0) is 0 Å². The summed E-state index contributed by atoms with van der Waals surface area (Å²) in [4.78, 5) is 0. The van der Waals surface area contributed by atoms with Crippen LogP contribution in [0, 0.1) is 6.92 Å². The Morgan fingerprint density at radius 3 is 1.39 bits per heavy atom. The molecule has 150 valence electrons. The Hall–Kier alpha value is -3.90. The van der Waals surface area contributed by atoms with E-state index in [1.807, 2.05) is 0 Å². The van der Waals surface area contributed by atoms with Crippen molar-refractivity contribution in [2.24, 2.45) is 0 Å². The summed E-state index contributed by atoms with van der Waals surface area (Å²) in [6.45, 7) is 2.11. The van der Waals surface area contributed by atoms with Crippen molar-refractivity contribution < 1.29 is 0 Å². The average Bonchev–Trinajstić information content (AvgIpc) is 2.83. The van der Waals surface area contributed by atoms with Gasteiger partial charge in [-0.05, 0) is 40.3 Å². The number of benzene rings is 4. The summed E-state index contributed by atoms with van der Waals surface area (Å²) >= 11 is 0. The van der Waals surface area contributed by atoms with Crippen LogP contribution in [0.2, 0.25) is 0 Å². The van der Waals surface area contributed by atoms with E-state index in [2.05, 4.69) is 146 Å². The molecule has 0 fully saturated rings. The molecule has 0 radical (unpaired) electrons. The van der Waals surface area contributed by atoms with Gasteiger partial charge in [0.15, 0.2) is 0 Å². The highest BCUT2D eigenvalue weighted by Crippen LogP contribution is 2.23. The SMILES string of the molecule is Cc1ccc(C=Cc2ccc(C=CC=C(c3ccccc3)c3ccccc3)cc2)cc1. The molecular weight excluding hydrogens is 372 g/mol. The van der Waals surface area contributed by atoms with E-state index in [9.17, 15) is 0 Å². The molecule has 0 spiro atoms. The van der Waals surface area contributed by atoms with Crippen molar-refractivity contribution in [3.63, 3.8) is 0 Å². The molecule has 0 heterocycles. The van der Waals surface area contributed by atoms with Crippen LogP contribution >= 0.6 is 0 Å². The molecule has 0 amide bonds. The van der Waals surface area contributed by atoms with Crippen LogP contribution in [0.25, 0.3) is 23.8 Å². The van der Waals surface area contributed by atoms with E-state index >= 15 is 0 Å². The molecule has 4 aromatic rings. The Morgan fingerprint density at radius 1 is 0.484 bits per heavy atom. The Morgan fingerprint density at radius 2 is 0.903 bits per heavy atom. The van der Waals surface area contributed by atoms with E-state index in [0.29, 0.717) is 0 Å². The van der Waals surface area contributed by atoms with Crippen LogP contribution in [0.3, 0.4) is 0 Å². The Labute approximate surface area is 185 Å². The molecule has 0 nitrogen and oxygen atoms in total. The summed E-state index contributed by atoms with van der Waals surface area (Å²) < 4.78 is 0. The molecular formula is C31H26. The van der Waals surface area contributed by atoms with Gasteiger partial charge in [-0.15, -0.1) is 0 Å². The zero-order valence-electron chi connectivity index (χ0n) is 17.8. The lowest BCUT2D eigenvalue weighted by atomic mass is 9.97. The summed E-state index contributed by atoms with van der Waals surface area (Å²) in [5, 5.41) is 0. The molecule has 0 atom stereocenters. The van der Waals surface area contributed by atoms with Crippen molar-refractivity contribution in [1.29, 1.82) is 0 Å². The fraction of sp³-hybridized carbons (Fsp3) is 0.0323. The molecule has 0 unspecified atom stereocenters. The zero-order chi connectivity index (χ0) is 21.3. The minimum Gasteiger partial charge on any atom is -0.0622 e. The van der Waals surface area contributed by atoms with Crippen LogP contribution in [0.15, 0.2) is 121 Å². The second-order valence-corrected chi connectivity index (χ2v) is 7.58. The molecule has 0 saturated carbocycles. The topological polar surface area (TPSA) is 0 Å². The van der Waals surface area contributed by atoms with Gasteiger partial charge in [0.2, 0.25) is 0 Å². The normalized spacial score (nSPS) is 11.1. The predicted octanol–water partition coefficient (Wildman–Crippen LogP) is 8.31. The zero-order valence-corrected chi connectivity index (χ0v) is 17.8. The van der Waals surface area contributed by atoms with Gasteiger partial charge in [0.05, 0.1) is 0 Å². The lowest BCUT2D eigenvalue weighted by molar-refractivity contribution is 1.46. The van der Waals surface area contributed by atoms with Gasteiger partial charge in [-0.3, -0.25) is 0 Å². The van der Waals surface area contributed by atoms with E-state index in [-0.39, 0.29) is 0 Å². The van der Waals surface area contributed by atoms with Gasteiger partial charge in [0.1, 0.15) is 0 Å². The third-order valence-corrected chi connectivity index (χ3v) is 5.20. The Balaban J connectivity index is 1.50. The van der Waals surface area contributed by atoms with Gasteiger partial charge in [-0.2, -0.15) is 0 Å². The molecule has 0 aliphatic rings. The molecule has 31 heavy (non-hydrogen) atoms. The standard InChI is InChI=1S/C31H26/c1-25-15-17-27(18-16-25)23-24-28-21-19-26(20-22-28)9-8-14-31(29-10-4-2-5-11-29)30-12-6-3-7-13-30/h2-24H,1H3. The fourth-order valence-corrected chi connectivity index (χ4v) is 3.44. The number of hydrogen-bond acceptors (Lipinski definition) is 0. The van der Waals surface area contributed by atoms with E-state index in [1.165, 1.54) is 39.0 Å². The lowest BCUT2D eigenvalue weighted by Crippen LogP contribution is -1.86. The number of rotatable bonds is 6. The molecule has 4 rings (SSSR count). The Kier molecular flexibility index (Phi) is 6.72. The van der Waals surface area contributed by atoms with Crippen molar-refractivity contribution >= 4 is 23.8 Å². The first-order valence-corrected chi connectivity index (χ1v) is 10.6. The van der Waals surface area contributed by atoms with Gasteiger partial charge < -0.3 is 0 Å². The number of aryl methyl sites for hydroxylation is 1. The molecule has 0 N–H and O–H groups in total. The van der Waals surface area contributed by atoms with Crippen molar-refractivity contribution in [1.82, 2.24) is 0 Å². The molecule has 0 aliphatic carbocycles. The van der Waals surface area contributed by atoms with E-state index in [1.54, 1.807) is 0 Å². The third-order valence-electron chi connectivity index (χ3n) is 5.20. The maximum absolute atomic E-state index is 2.19. The number of hydrogen-bond donors (Lipinski definition) is 0. The van der Waals surface area contributed by atoms with E-state index in [4.69, 9.17) is 0 Å². The molecule has 0 heteroatoms. The van der Waals surface area contributed by atoms with Crippen LogP contribution in [-0.4, -0.2) is 0 Å². The van der Waals surface area contributed by atoms with Gasteiger partial charge in [-0.25, -0.2) is 0 Å². The largest absolute Gasteiger partial charge is 0.0622 e. The first-order chi connectivity index (χ1) is 15.3. The molecule has 0 aliphatic heterocycles. The average molecular weight is 399 g/mol. The van der Waals surface area contributed by atoms with Gasteiger partial charge in [0.25, 0.3) is 0 Å². The van der Waals surface area contributed by atoms with Crippen molar-refractivity contribution in [3.05, 3.63) is 155 Å². The summed E-state index contributed by atoms with van der Waals surface area (Å²) in [7, 11) is 0. The second-order valence-electron chi connectivity index (χ2n) is 7.58. The highest BCUT2D eigenvalue weighted by Gasteiger charge is 2.02. The third kappa shape index (κ3) is 5.81. The van der Waals surface area contributed by atoms with Gasteiger partial charge in [0, 0.05) is 0 Å². The molecule has 0 bridgehead atoms. The fourth-order valence-electron chi connectivity index (χ4n) is 3.44. The highest BCUT2D eigenvalue weighted by molar-refractivity contribution is 5.81. The maximum Gasteiger partial charge on any atom is -0.0111 e. The van der Waals surface area contributed by atoms with Gasteiger partial charge in [-0.1, -0.05) is 145 Å². The lowest BCUT2D eigenvalue weighted by Gasteiger charge is -2.07. The second kappa shape index (κ2) is 10.2. The summed E-state index contributed by atoms with van der Waals surface area (Å²) in [6.07, 6.45) is 10.8. The van der Waals surface area contributed by atoms with E-state index < -0.39 is 0 Å². The monoisotopic (exact) mass is 398 g/mol. The summed E-state index contributed by atoms with van der Waals surface area (Å²) in [5.74, 6) is 0. The van der Waals surface area contributed by atoms with E-state index in [0.717, 1.165) is 0 Å². The highest BCUT2D eigenvalue weighted by atomic mass is 14.1. The Bertz CT molecular complexity index is 1130. The summed E-state index contributed by atoms with van der Waals surface area (Å²) in [6, 6.07) is 38.2. The maximum atomic E-state index is 2.19. The number of allylic oxidation sites excluding steroid dienone is 2. The van der Waals surface area contributed by atoms with Crippen LogP contribution in [0.4, 0.5) is 0 Å². The minimum absolute atomic E-state index is 1.18. The predicted molar refractivity (Wildman–Crippen MR) is 136 cm³/mol. The van der Waals surface area contributed by atoms with Crippen molar-refractivity contribution in [2.75, 3.05) is 0 Å². The van der Waals surface area contributed by atoms with Crippen molar-refractivity contribution in [3.8, 4) is 0 Å². The molecule has 4 aromatic carbocycles. The first kappa shape index (κ1) is 20.4. The van der Waals surface area contributed by atoms with Crippen molar-refractivity contribution in [2.45, 2.75) is 6.92 Å². The summed E-state index contributed by atoms with van der Waals surface area (Å²) in [5.41, 5.74) is 8.53. The smallest absolute Gasteiger partial charge is 0.0111 e. The van der Waals surface area contributed by atoms with Crippen LogP contribution in [0.1, 0.15) is 33.4 Å². The molecule has 0 saturated heterocycles. The first-order valence-electron chi connectivity index (χ1n) is 10.6.